The lowest BCUT2D eigenvalue weighted by Crippen LogP contribution is -2.29. The number of aromatic nitrogens is 4. The Kier molecular flexibility index (Phi) is 4.28. The fourth-order valence-corrected chi connectivity index (χ4v) is 2.53. The maximum absolute atomic E-state index is 12.0. The number of imidazole rings is 1. The lowest BCUT2D eigenvalue weighted by atomic mass is 10.1. The maximum Gasteiger partial charge on any atom is 0.325 e. The van der Waals surface area contributed by atoms with E-state index < -0.39 is 11.2 Å². The molecule has 0 saturated heterocycles. The molecule has 3 rings (SSSR count). The standard InChI is InChI=1S/C16H17N5O3/c1-9-10(15(23)21-16(24)18-9)6-7-14(22)17-8-13-19-11-4-2-3-5-12(11)20-13/h2-5H,6-8H2,1H3,(H,17,22)(H,19,20)(H2,18,21,23,24). The number of para-hydroxylation sites is 2. The maximum atomic E-state index is 12.0. The number of carbonyl (C=O) groups is 1. The molecule has 2 heterocycles. The molecular formula is C16H17N5O3. The summed E-state index contributed by atoms with van der Waals surface area (Å²) in [7, 11) is 0. The molecule has 0 aliphatic heterocycles. The molecular weight excluding hydrogens is 310 g/mol. The molecule has 0 saturated carbocycles. The Hall–Kier alpha value is -3.16. The number of amides is 1. The normalized spacial score (nSPS) is 10.9. The molecule has 0 spiro atoms. The summed E-state index contributed by atoms with van der Waals surface area (Å²) in [6, 6.07) is 7.61. The van der Waals surface area contributed by atoms with Crippen LogP contribution in [0.15, 0.2) is 33.9 Å². The van der Waals surface area contributed by atoms with E-state index in [1.165, 1.54) is 0 Å². The van der Waals surface area contributed by atoms with Crippen LogP contribution in [0.2, 0.25) is 0 Å². The van der Waals surface area contributed by atoms with E-state index in [-0.39, 0.29) is 25.3 Å². The molecule has 1 aromatic carbocycles. The van der Waals surface area contributed by atoms with E-state index >= 15 is 0 Å². The van der Waals surface area contributed by atoms with Crippen molar-refractivity contribution in [3.8, 4) is 0 Å². The van der Waals surface area contributed by atoms with Crippen LogP contribution in [0.3, 0.4) is 0 Å². The van der Waals surface area contributed by atoms with Crippen LogP contribution < -0.4 is 16.6 Å². The highest BCUT2D eigenvalue weighted by Gasteiger charge is 2.10. The Morgan fingerprint density at radius 2 is 1.96 bits per heavy atom. The molecule has 124 valence electrons. The first kappa shape index (κ1) is 15.7. The molecule has 24 heavy (non-hydrogen) atoms. The van der Waals surface area contributed by atoms with Gasteiger partial charge in [-0.1, -0.05) is 12.1 Å². The largest absolute Gasteiger partial charge is 0.349 e. The number of H-pyrrole nitrogens is 3. The minimum atomic E-state index is -0.546. The smallest absolute Gasteiger partial charge is 0.325 e. The van der Waals surface area contributed by atoms with Crippen molar-refractivity contribution < 1.29 is 4.79 Å². The van der Waals surface area contributed by atoms with E-state index in [4.69, 9.17) is 0 Å². The number of rotatable bonds is 5. The second kappa shape index (κ2) is 6.53. The van der Waals surface area contributed by atoms with Crippen LogP contribution >= 0.6 is 0 Å². The van der Waals surface area contributed by atoms with E-state index in [1.54, 1.807) is 6.92 Å². The van der Waals surface area contributed by atoms with E-state index in [9.17, 15) is 14.4 Å². The molecule has 0 atom stereocenters. The van der Waals surface area contributed by atoms with Gasteiger partial charge in [0.25, 0.3) is 5.56 Å². The van der Waals surface area contributed by atoms with Gasteiger partial charge in [-0.15, -0.1) is 0 Å². The molecule has 0 fully saturated rings. The summed E-state index contributed by atoms with van der Waals surface area (Å²) in [6.45, 7) is 1.92. The average molecular weight is 327 g/mol. The fraction of sp³-hybridized carbons (Fsp3) is 0.250. The van der Waals surface area contributed by atoms with Crippen LogP contribution in [0.1, 0.15) is 23.5 Å². The van der Waals surface area contributed by atoms with Gasteiger partial charge in [0.1, 0.15) is 5.82 Å². The van der Waals surface area contributed by atoms with Crippen molar-refractivity contribution in [2.75, 3.05) is 0 Å². The van der Waals surface area contributed by atoms with Crippen molar-refractivity contribution in [1.29, 1.82) is 0 Å². The van der Waals surface area contributed by atoms with Crippen LogP contribution in [0.4, 0.5) is 0 Å². The Morgan fingerprint density at radius 3 is 2.71 bits per heavy atom. The minimum Gasteiger partial charge on any atom is -0.349 e. The Bertz CT molecular complexity index is 966. The second-order valence-electron chi connectivity index (χ2n) is 5.49. The first-order chi connectivity index (χ1) is 11.5. The Morgan fingerprint density at radius 1 is 1.17 bits per heavy atom. The third-order valence-corrected chi connectivity index (χ3v) is 3.75. The number of nitrogens with zero attached hydrogens (tertiary/aromatic N) is 1. The third-order valence-electron chi connectivity index (χ3n) is 3.75. The average Bonchev–Trinajstić information content (AvgIpc) is 2.94. The quantitative estimate of drug-likeness (QED) is 0.544. The zero-order chi connectivity index (χ0) is 17.1. The summed E-state index contributed by atoms with van der Waals surface area (Å²) in [5, 5.41) is 2.76. The zero-order valence-corrected chi connectivity index (χ0v) is 13.1. The first-order valence-electron chi connectivity index (χ1n) is 7.55. The Balaban J connectivity index is 1.58. The fourth-order valence-electron chi connectivity index (χ4n) is 2.53. The summed E-state index contributed by atoms with van der Waals surface area (Å²) in [4.78, 5) is 47.0. The van der Waals surface area contributed by atoms with Crippen molar-refractivity contribution in [3.05, 3.63) is 62.2 Å². The van der Waals surface area contributed by atoms with E-state index in [0.717, 1.165) is 11.0 Å². The van der Waals surface area contributed by atoms with Gasteiger partial charge in [0.15, 0.2) is 0 Å². The van der Waals surface area contributed by atoms with Crippen molar-refractivity contribution >= 4 is 16.9 Å². The summed E-state index contributed by atoms with van der Waals surface area (Å²) in [6.07, 6.45) is 0.403. The Labute approximate surface area is 136 Å². The lowest BCUT2D eigenvalue weighted by molar-refractivity contribution is -0.121. The number of carbonyl (C=O) groups excluding carboxylic acids is 1. The molecule has 0 bridgehead atoms. The lowest BCUT2D eigenvalue weighted by Gasteiger charge is -2.05. The van der Waals surface area contributed by atoms with Gasteiger partial charge in [-0.3, -0.25) is 14.6 Å². The van der Waals surface area contributed by atoms with Crippen molar-refractivity contribution in [3.63, 3.8) is 0 Å². The highest BCUT2D eigenvalue weighted by atomic mass is 16.2. The molecule has 8 heteroatoms. The molecule has 0 unspecified atom stereocenters. The molecule has 3 aromatic rings. The number of aromatic amines is 3. The number of fused-ring (bicyclic) bond motifs is 1. The van der Waals surface area contributed by atoms with Crippen LogP contribution in [-0.2, 0) is 17.8 Å². The van der Waals surface area contributed by atoms with Gasteiger partial charge < -0.3 is 15.3 Å². The summed E-state index contributed by atoms with van der Waals surface area (Å²) in [5.41, 5.74) is 1.65. The monoisotopic (exact) mass is 327 g/mol. The minimum absolute atomic E-state index is 0.149. The van der Waals surface area contributed by atoms with Gasteiger partial charge in [0.05, 0.1) is 17.6 Å². The molecule has 4 N–H and O–H groups in total. The number of hydrogen-bond donors (Lipinski definition) is 4. The highest BCUT2D eigenvalue weighted by Crippen LogP contribution is 2.10. The molecule has 2 aromatic heterocycles. The van der Waals surface area contributed by atoms with Crippen LogP contribution in [0, 0.1) is 6.92 Å². The van der Waals surface area contributed by atoms with Gasteiger partial charge in [0.2, 0.25) is 5.91 Å². The first-order valence-corrected chi connectivity index (χ1v) is 7.55. The third kappa shape index (κ3) is 3.43. The zero-order valence-electron chi connectivity index (χ0n) is 13.1. The topological polar surface area (TPSA) is 124 Å². The van der Waals surface area contributed by atoms with Crippen LogP contribution in [-0.4, -0.2) is 25.8 Å². The SMILES string of the molecule is Cc1[nH]c(=O)[nH]c(=O)c1CCC(=O)NCc1nc2ccccc2[nH]1. The molecule has 0 aliphatic rings. The van der Waals surface area contributed by atoms with Gasteiger partial charge in [-0.25, -0.2) is 9.78 Å². The van der Waals surface area contributed by atoms with Crippen molar-refractivity contribution in [1.82, 2.24) is 25.3 Å². The number of aryl methyl sites for hydroxylation is 1. The van der Waals surface area contributed by atoms with Crippen LogP contribution in [0.25, 0.3) is 11.0 Å². The van der Waals surface area contributed by atoms with Gasteiger partial charge >= 0.3 is 5.69 Å². The predicted molar refractivity (Wildman–Crippen MR) is 88.7 cm³/mol. The van der Waals surface area contributed by atoms with Crippen molar-refractivity contribution in [2.45, 2.75) is 26.3 Å². The van der Waals surface area contributed by atoms with Crippen molar-refractivity contribution in [2.24, 2.45) is 0 Å². The molecule has 0 aliphatic carbocycles. The molecule has 8 nitrogen and oxygen atoms in total. The predicted octanol–water partition coefficient (Wildman–Crippen LogP) is 0.497. The van der Waals surface area contributed by atoms with Gasteiger partial charge in [-0.2, -0.15) is 0 Å². The summed E-state index contributed by atoms with van der Waals surface area (Å²) in [5.74, 6) is 0.475. The molecule has 0 radical (unpaired) electrons. The number of benzene rings is 1. The van der Waals surface area contributed by atoms with E-state index in [0.29, 0.717) is 17.1 Å². The van der Waals surface area contributed by atoms with Gasteiger partial charge in [0, 0.05) is 17.7 Å². The van der Waals surface area contributed by atoms with Crippen LogP contribution in [0.5, 0.6) is 0 Å². The highest BCUT2D eigenvalue weighted by molar-refractivity contribution is 5.77. The van der Waals surface area contributed by atoms with E-state index in [1.807, 2.05) is 24.3 Å². The number of hydrogen-bond acceptors (Lipinski definition) is 4. The summed E-state index contributed by atoms with van der Waals surface area (Å²) >= 11 is 0. The van der Waals surface area contributed by atoms with Gasteiger partial charge in [-0.05, 0) is 25.5 Å². The van der Waals surface area contributed by atoms with E-state index in [2.05, 4.69) is 25.3 Å². The summed E-state index contributed by atoms with van der Waals surface area (Å²) < 4.78 is 0. The molecule has 1 amide bonds. The second-order valence-corrected chi connectivity index (χ2v) is 5.49. The number of nitrogens with one attached hydrogen (secondary N) is 4.